The maximum Gasteiger partial charge on any atom is 0.306 e. The number of ether oxygens (including phenoxy) is 1. The van der Waals surface area contributed by atoms with Gasteiger partial charge in [-0.1, -0.05) is 18.2 Å². The molecule has 122 valence electrons. The molecule has 3 rings (SSSR count). The Kier molecular flexibility index (Phi) is 4.16. The molecule has 1 atom stereocenters. The van der Waals surface area contributed by atoms with Gasteiger partial charge >= 0.3 is 5.97 Å². The average Bonchev–Trinajstić information content (AvgIpc) is 3.12. The number of anilines is 1. The van der Waals surface area contributed by atoms with E-state index in [1.807, 2.05) is 25.1 Å². The lowest BCUT2D eigenvalue weighted by Crippen LogP contribution is -2.29. The zero-order valence-corrected chi connectivity index (χ0v) is 14.5. The van der Waals surface area contributed by atoms with E-state index >= 15 is 0 Å². The average molecular weight is 351 g/mol. The SMILES string of the molecule is COC(=O)CC1CN(S(=O)(=O)c2ccc(C)s2)c2ccccc21. The number of esters is 1. The summed E-state index contributed by atoms with van der Waals surface area (Å²) in [5, 5.41) is 0. The van der Waals surface area contributed by atoms with E-state index in [2.05, 4.69) is 0 Å². The summed E-state index contributed by atoms with van der Waals surface area (Å²) in [6.07, 6.45) is 0.170. The van der Waals surface area contributed by atoms with Gasteiger partial charge in [-0.15, -0.1) is 11.3 Å². The van der Waals surface area contributed by atoms with Crippen molar-refractivity contribution in [3.8, 4) is 0 Å². The number of aryl methyl sites for hydroxylation is 1. The van der Waals surface area contributed by atoms with E-state index in [1.165, 1.54) is 22.8 Å². The largest absolute Gasteiger partial charge is 0.469 e. The first-order valence-electron chi connectivity index (χ1n) is 7.18. The molecule has 0 amide bonds. The first-order chi connectivity index (χ1) is 10.9. The van der Waals surface area contributed by atoms with Gasteiger partial charge in [0.15, 0.2) is 0 Å². The van der Waals surface area contributed by atoms with Crippen LogP contribution in [-0.4, -0.2) is 28.0 Å². The van der Waals surface area contributed by atoms with E-state index in [1.54, 1.807) is 18.2 Å². The van der Waals surface area contributed by atoms with Crippen LogP contribution in [0.15, 0.2) is 40.6 Å². The third-order valence-corrected chi connectivity index (χ3v) is 7.18. The Morgan fingerprint density at radius 1 is 1.30 bits per heavy atom. The Morgan fingerprint density at radius 3 is 2.70 bits per heavy atom. The Hall–Kier alpha value is -1.86. The van der Waals surface area contributed by atoms with E-state index in [0.717, 1.165) is 10.4 Å². The minimum atomic E-state index is -3.61. The fourth-order valence-corrected chi connectivity index (χ4v) is 5.74. The van der Waals surface area contributed by atoms with Gasteiger partial charge in [-0.2, -0.15) is 0 Å². The molecular weight excluding hydrogens is 334 g/mol. The Bertz CT molecular complexity index is 841. The number of para-hydroxylation sites is 1. The monoisotopic (exact) mass is 351 g/mol. The van der Waals surface area contributed by atoms with Crippen molar-refractivity contribution in [3.05, 3.63) is 46.8 Å². The highest BCUT2D eigenvalue weighted by Gasteiger charge is 2.37. The maximum absolute atomic E-state index is 12.9. The molecule has 0 spiro atoms. The molecule has 0 fully saturated rings. The summed E-state index contributed by atoms with van der Waals surface area (Å²) in [5.41, 5.74) is 1.52. The molecule has 1 aromatic carbocycles. The van der Waals surface area contributed by atoms with Crippen molar-refractivity contribution in [2.24, 2.45) is 0 Å². The smallest absolute Gasteiger partial charge is 0.306 e. The van der Waals surface area contributed by atoms with Crippen LogP contribution in [-0.2, 0) is 19.6 Å². The summed E-state index contributed by atoms with van der Waals surface area (Å²) in [4.78, 5) is 12.6. The van der Waals surface area contributed by atoms with E-state index in [4.69, 9.17) is 4.74 Å². The number of nitrogens with zero attached hydrogens (tertiary/aromatic N) is 1. The van der Waals surface area contributed by atoms with E-state index in [0.29, 0.717) is 9.90 Å². The van der Waals surface area contributed by atoms with Crippen LogP contribution >= 0.6 is 11.3 Å². The summed E-state index contributed by atoms with van der Waals surface area (Å²) < 4.78 is 32.3. The summed E-state index contributed by atoms with van der Waals surface area (Å²) in [6, 6.07) is 10.7. The van der Waals surface area contributed by atoms with Crippen molar-refractivity contribution in [1.82, 2.24) is 0 Å². The summed E-state index contributed by atoms with van der Waals surface area (Å²) in [5.74, 6) is -0.523. The van der Waals surface area contributed by atoms with Crippen molar-refractivity contribution in [2.45, 2.75) is 23.5 Å². The lowest BCUT2D eigenvalue weighted by atomic mass is 9.98. The van der Waals surface area contributed by atoms with Gasteiger partial charge in [0.25, 0.3) is 10.0 Å². The van der Waals surface area contributed by atoms with Crippen molar-refractivity contribution in [1.29, 1.82) is 0 Å². The van der Waals surface area contributed by atoms with Crippen molar-refractivity contribution in [3.63, 3.8) is 0 Å². The Balaban J connectivity index is 2.00. The molecule has 5 nitrogen and oxygen atoms in total. The van der Waals surface area contributed by atoms with E-state index in [-0.39, 0.29) is 24.9 Å². The summed E-state index contributed by atoms with van der Waals surface area (Å²) >= 11 is 1.25. The second-order valence-corrected chi connectivity index (χ2v) is 8.81. The second kappa shape index (κ2) is 5.98. The molecule has 0 N–H and O–H groups in total. The number of methoxy groups -OCH3 is 1. The van der Waals surface area contributed by atoms with Crippen molar-refractivity contribution in [2.75, 3.05) is 18.0 Å². The lowest BCUT2D eigenvalue weighted by Gasteiger charge is -2.18. The van der Waals surface area contributed by atoms with Gasteiger partial charge in [-0.05, 0) is 30.7 Å². The molecule has 1 aliphatic heterocycles. The van der Waals surface area contributed by atoms with Gasteiger partial charge in [0.2, 0.25) is 0 Å². The molecule has 7 heteroatoms. The summed E-state index contributed by atoms with van der Waals surface area (Å²) in [6.45, 7) is 2.13. The van der Waals surface area contributed by atoms with Gasteiger partial charge in [-0.25, -0.2) is 8.42 Å². The Morgan fingerprint density at radius 2 is 2.04 bits per heavy atom. The molecule has 0 saturated carbocycles. The quantitative estimate of drug-likeness (QED) is 0.795. The van der Waals surface area contributed by atoms with E-state index in [9.17, 15) is 13.2 Å². The van der Waals surface area contributed by atoms with Crippen LogP contribution in [0.2, 0.25) is 0 Å². The highest BCUT2D eigenvalue weighted by molar-refractivity contribution is 7.94. The van der Waals surface area contributed by atoms with Gasteiger partial charge in [0.1, 0.15) is 4.21 Å². The predicted octanol–water partition coefficient (Wildman–Crippen LogP) is 2.91. The van der Waals surface area contributed by atoms with Gasteiger partial charge in [0.05, 0.1) is 19.2 Å². The van der Waals surface area contributed by atoms with Crippen LogP contribution in [0.1, 0.15) is 22.8 Å². The molecule has 1 unspecified atom stereocenters. The van der Waals surface area contributed by atoms with E-state index < -0.39 is 10.0 Å². The number of thiophene rings is 1. The molecule has 23 heavy (non-hydrogen) atoms. The minimum Gasteiger partial charge on any atom is -0.469 e. The number of benzene rings is 1. The Labute approximate surface area is 139 Å². The first kappa shape index (κ1) is 16.0. The maximum atomic E-state index is 12.9. The molecule has 0 bridgehead atoms. The zero-order chi connectivity index (χ0) is 16.6. The normalized spacial score (nSPS) is 17.1. The number of sulfonamides is 1. The van der Waals surface area contributed by atoms with Crippen LogP contribution in [0.4, 0.5) is 5.69 Å². The molecule has 2 heterocycles. The molecule has 0 radical (unpaired) electrons. The van der Waals surface area contributed by atoms with Gasteiger partial charge in [-0.3, -0.25) is 9.10 Å². The van der Waals surface area contributed by atoms with Crippen molar-refractivity contribution >= 4 is 33.0 Å². The second-order valence-electron chi connectivity index (χ2n) is 5.44. The van der Waals surface area contributed by atoms with Crippen molar-refractivity contribution < 1.29 is 17.9 Å². The number of hydrogen-bond acceptors (Lipinski definition) is 5. The molecule has 1 aromatic heterocycles. The van der Waals surface area contributed by atoms with Crippen LogP contribution in [0.25, 0.3) is 0 Å². The fraction of sp³-hybridized carbons (Fsp3) is 0.312. The number of carbonyl (C=O) groups excluding carboxylic acids is 1. The fourth-order valence-electron chi connectivity index (χ4n) is 2.80. The molecule has 0 saturated heterocycles. The zero-order valence-electron chi connectivity index (χ0n) is 12.9. The topological polar surface area (TPSA) is 63.7 Å². The number of fused-ring (bicyclic) bond motifs is 1. The highest BCUT2D eigenvalue weighted by Crippen LogP contribution is 2.41. The van der Waals surface area contributed by atoms with Crippen LogP contribution in [0.5, 0.6) is 0 Å². The lowest BCUT2D eigenvalue weighted by molar-refractivity contribution is -0.140. The van der Waals surface area contributed by atoms with Gasteiger partial charge < -0.3 is 4.74 Å². The third-order valence-electron chi connectivity index (χ3n) is 3.93. The van der Waals surface area contributed by atoms with Gasteiger partial charge in [0, 0.05) is 17.3 Å². The minimum absolute atomic E-state index is 0.170. The number of rotatable bonds is 4. The molecule has 1 aliphatic rings. The predicted molar refractivity (Wildman–Crippen MR) is 89.4 cm³/mol. The number of carbonyl (C=O) groups is 1. The number of hydrogen-bond donors (Lipinski definition) is 0. The first-order valence-corrected chi connectivity index (χ1v) is 9.44. The van der Waals surface area contributed by atoms with Crippen LogP contribution in [0, 0.1) is 6.92 Å². The standard InChI is InChI=1S/C16H17NO4S2/c1-11-7-8-16(22-11)23(19,20)17-10-12(9-15(18)21-2)13-5-3-4-6-14(13)17/h3-8,12H,9-10H2,1-2H3. The summed E-state index contributed by atoms with van der Waals surface area (Å²) in [7, 11) is -2.27. The molecule has 2 aromatic rings. The van der Waals surface area contributed by atoms with Crippen LogP contribution in [0.3, 0.4) is 0 Å². The highest BCUT2D eigenvalue weighted by atomic mass is 32.2. The third kappa shape index (κ3) is 2.86. The molecular formula is C16H17NO4S2. The molecule has 0 aliphatic carbocycles. The van der Waals surface area contributed by atoms with Crippen LogP contribution < -0.4 is 4.31 Å².